The van der Waals surface area contributed by atoms with Gasteiger partial charge in [-0.05, 0) is 62.7 Å². The lowest BCUT2D eigenvalue weighted by atomic mass is 10.2. The van der Waals surface area contributed by atoms with Crippen molar-refractivity contribution < 1.29 is 19.1 Å². The number of hydrogen-bond donors (Lipinski definition) is 3. The summed E-state index contributed by atoms with van der Waals surface area (Å²) < 4.78 is 5.07. The number of hydrogen-bond acceptors (Lipinski definition) is 4. The highest BCUT2D eigenvalue weighted by molar-refractivity contribution is 6.30. The number of rotatable bonds is 6. The molecule has 2 rings (SSSR count). The number of carbonyl (C=O) groups excluding carboxylic acids is 3. The van der Waals surface area contributed by atoms with Gasteiger partial charge in [-0.3, -0.25) is 9.59 Å². The highest BCUT2D eigenvalue weighted by Crippen LogP contribution is 2.16. The quantitative estimate of drug-likeness (QED) is 0.591. The van der Waals surface area contributed by atoms with Crippen LogP contribution in [0.2, 0.25) is 5.02 Å². The average Bonchev–Trinajstić information content (AvgIpc) is 2.64. The first kappa shape index (κ1) is 23.0. The first-order valence-electron chi connectivity index (χ1n) is 9.22. The van der Waals surface area contributed by atoms with E-state index in [1.165, 1.54) is 6.08 Å². The normalized spacial score (nSPS) is 11.1. The Bertz CT molecular complexity index is 951. The molecule has 0 atom stereocenters. The lowest BCUT2D eigenvalue weighted by Gasteiger charge is -2.19. The lowest BCUT2D eigenvalue weighted by molar-refractivity contribution is -0.115. The molecule has 0 aliphatic carbocycles. The molecule has 7 nitrogen and oxygen atoms in total. The van der Waals surface area contributed by atoms with Gasteiger partial charge in [0.1, 0.15) is 12.1 Å². The van der Waals surface area contributed by atoms with Crippen LogP contribution in [-0.2, 0) is 14.3 Å². The van der Waals surface area contributed by atoms with Crippen LogP contribution < -0.4 is 16.0 Å². The molecule has 0 saturated carbocycles. The van der Waals surface area contributed by atoms with Gasteiger partial charge in [0.05, 0.1) is 0 Å². The summed E-state index contributed by atoms with van der Waals surface area (Å²) in [5, 5.41) is 8.33. The maximum absolute atomic E-state index is 12.1. The number of amides is 3. The molecule has 8 heteroatoms. The summed E-state index contributed by atoms with van der Waals surface area (Å²) in [5.74, 6) is -0.754. The molecule has 0 heterocycles. The Morgan fingerprint density at radius 2 is 1.67 bits per heavy atom. The van der Waals surface area contributed by atoms with Gasteiger partial charge in [0.15, 0.2) is 0 Å². The molecule has 0 aliphatic rings. The van der Waals surface area contributed by atoms with E-state index in [1.54, 1.807) is 69.3 Å². The van der Waals surface area contributed by atoms with E-state index in [1.807, 2.05) is 6.07 Å². The Kier molecular flexibility index (Phi) is 8.00. The second kappa shape index (κ2) is 10.5. The fourth-order valence-electron chi connectivity index (χ4n) is 2.31. The van der Waals surface area contributed by atoms with Crippen LogP contribution in [0.4, 0.5) is 16.2 Å². The first-order chi connectivity index (χ1) is 14.1. The molecule has 0 saturated heterocycles. The van der Waals surface area contributed by atoms with Gasteiger partial charge < -0.3 is 20.7 Å². The van der Waals surface area contributed by atoms with Gasteiger partial charge in [-0.15, -0.1) is 0 Å². The second-order valence-corrected chi connectivity index (χ2v) is 7.80. The van der Waals surface area contributed by atoms with E-state index in [4.69, 9.17) is 16.3 Å². The Hall–Kier alpha value is -3.32. The van der Waals surface area contributed by atoms with Crippen LogP contribution in [0, 0.1) is 0 Å². The van der Waals surface area contributed by atoms with E-state index < -0.39 is 17.6 Å². The molecule has 158 valence electrons. The van der Waals surface area contributed by atoms with Crippen molar-refractivity contribution in [2.45, 2.75) is 26.4 Å². The zero-order valence-electron chi connectivity index (χ0n) is 17.0. The van der Waals surface area contributed by atoms with Crippen LogP contribution in [0.3, 0.4) is 0 Å². The van der Waals surface area contributed by atoms with Crippen molar-refractivity contribution in [3.05, 3.63) is 65.2 Å². The lowest BCUT2D eigenvalue weighted by Crippen LogP contribution is -2.37. The van der Waals surface area contributed by atoms with Crippen LogP contribution in [0.15, 0.2) is 54.6 Å². The second-order valence-electron chi connectivity index (χ2n) is 7.36. The molecular formula is C22H24ClN3O4. The fourth-order valence-corrected chi connectivity index (χ4v) is 2.51. The fraction of sp³-hybridized carbons (Fsp3) is 0.227. The minimum absolute atomic E-state index is 0.242. The highest BCUT2D eigenvalue weighted by Gasteiger charge is 2.16. The number of carbonyl (C=O) groups is 3. The zero-order valence-corrected chi connectivity index (χ0v) is 17.7. The average molecular weight is 430 g/mol. The molecule has 0 bridgehead atoms. The Morgan fingerprint density at radius 1 is 1.00 bits per heavy atom. The third kappa shape index (κ3) is 8.79. The third-order valence-corrected chi connectivity index (χ3v) is 3.72. The standard InChI is InChI=1S/C22H24ClN3O4/c1-22(2,3)30-21(29)24-14-20(28)26-18-9-5-8-17(13-18)25-19(27)11-10-15-6-4-7-16(23)12-15/h4-13H,14H2,1-3H3,(H,24,29)(H,25,27)(H,26,28)/b11-10+. The summed E-state index contributed by atoms with van der Waals surface area (Å²) in [6.07, 6.45) is 2.36. The van der Waals surface area contributed by atoms with Crippen LogP contribution in [0.5, 0.6) is 0 Å². The first-order valence-corrected chi connectivity index (χ1v) is 9.60. The molecule has 0 spiro atoms. The van der Waals surface area contributed by atoms with Crippen molar-refractivity contribution in [1.82, 2.24) is 5.32 Å². The maximum atomic E-state index is 12.1. The van der Waals surface area contributed by atoms with E-state index in [-0.39, 0.29) is 12.5 Å². The molecular weight excluding hydrogens is 406 g/mol. The van der Waals surface area contributed by atoms with Gasteiger partial charge in [-0.1, -0.05) is 29.8 Å². The Labute approximate surface area is 180 Å². The molecule has 3 amide bonds. The summed E-state index contributed by atoms with van der Waals surface area (Å²) in [4.78, 5) is 35.7. The van der Waals surface area contributed by atoms with E-state index in [0.29, 0.717) is 16.4 Å². The number of nitrogens with one attached hydrogen (secondary N) is 3. The molecule has 0 fully saturated rings. The molecule has 2 aromatic carbocycles. The van der Waals surface area contributed by atoms with E-state index in [0.717, 1.165) is 5.56 Å². The van der Waals surface area contributed by atoms with Gasteiger partial charge in [0, 0.05) is 22.5 Å². The Balaban J connectivity index is 1.87. The maximum Gasteiger partial charge on any atom is 0.408 e. The molecule has 0 radical (unpaired) electrons. The van der Waals surface area contributed by atoms with E-state index in [9.17, 15) is 14.4 Å². The van der Waals surface area contributed by atoms with Gasteiger partial charge in [-0.2, -0.15) is 0 Å². The van der Waals surface area contributed by atoms with E-state index >= 15 is 0 Å². The van der Waals surface area contributed by atoms with Gasteiger partial charge in [0.2, 0.25) is 11.8 Å². The zero-order chi connectivity index (χ0) is 22.1. The van der Waals surface area contributed by atoms with Crippen molar-refractivity contribution in [3.8, 4) is 0 Å². The van der Waals surface area contributed by atoms with Crippen molar-refractivity contribution in [1.29, 1.82) is 0 Å². The number of ether oxygens (including phenoxy) is 1. The summed E-state index contributed by atoms with van der Waals surface area (Å²) in [7, 11) is 0. The summed E-state index contributed by atoms with van der Waals surface area (Å²) in [6, 6.07) is 13.8. The summed E-state index contributed by atoms with van der Waals surface area (Å²) >= 11 is 5.92. The van der Waals surface area contributed by atoms with Crippen LogP contribution >= 0.6 is 11.6 Å². The minimum atomic E-state index is -0.676. The monoisotopic (exact) mass is 429 g/mol. The SMILES string of the molecule is CC(C)(C)OC(=O)NCC(=O)Nc1cccc(NC(=O)/C=C/c2cccc(Cl)c2)c1. The van der Waals surface area contributed by atoms with Crippen LogP contribution in [-0.4, -0.2) is 30.1 Å². The van der Waals surface area contributed by atoms with Gasteiger partial charge in [0.25, 0.3) is 0 Å². The number of anilines is 2. The minimum Gasteiger partial charge on any atom is -0.444 e. The number of benzene rings is 2. The number of alkyl carbamates (subject to hydrolysis) is 1. The summed E-state index contributed by atoms with van der Waals surface area (Å²) in [6.45, 7) is 4.96. The van der Waals surface area contributed by atoms with Crippen LogP contribution in [0.1, 0.15) is 26.3 Å². The predicted molar refractivity (Wildman–Crippen MR) is 118 cm³/mol. The third-order valence-electron chi connectivity index (χ3n) is 3.48. The Morgan fingerprint density at radius 3 is 2.33 bits per heavy atom. The van der Waals surface area contributed by atoms with Gasteiger partial charge in [-0.25, -0.2) is 4.79 Å². The number of halogens is 1. The van der Waals surface area contributed by atoms with Crippen molar-refractivity contribution in [3.63, 3.8) is 0 Å². The van der Waals surface area contributed by atoms with Crippen molar-refractivity contribution in [2.24, 2.45) is 0 Å². The van der Waals surface area contributed by atoms with Crippen molar-refractivity contribution in [2.75, 3.05) is 17.2 Å². The summed E-state index contributed by atoms with van der Waals surface area (Å²) in [5.41, 5.74) is 1.14. The highest BCUT2D eigenvalue weighted by atomic mass is 35.5. The molecule has 0 unspecified atom stereocenters. The van der Waals surface area contributed by atoms with Crippen LogP contribution in [0.25, 0.3) is 6.08 Å². The van der Waals surface area contributed by atoms with Crippen molar-refractivity contribution >= 4 is 47.0 Å². The predicted octanol–water partition coefficient (Wildman–Crippen LogP) is 4.46. The molecule has 0 aromatic heterocycles. The van der Waals surface area contributed by atoms with E-state index in [2.05, 4.69) is 16.0 Å². The molecule has 30 heavy (non-hydrogen) atoms. The molecule has 0 aliphatic heterocycles. The smallest absolute Gasteiger partial charge is 0.408 e. The molecule has 2 aromatic rings. The molecule has 3 N–H and O–H groups in total. The largest absolute Gasteiger partial charge is 0.444 e. The van der Waals surface area contributed by atoms with Gasteiger partial charge >= 0.3 is 6.09 Å². The topological polar surface area (TPSA) is 96.5 Å².